The first-order valence-electron chi connectivity index (χ1n) is 5.71. The highest BCUT2D eigenvalue weighted by molar-refractivity contribution is 5.22. The number of nitrogens with zero attached hydrogens (tertiary/aromatic N) is 2. The maximum Gasteiger partial charge on any atom is 0.122 e. The van der Waals surface area contributed by atoms with Crippen LogP contribution >= 0.6 is 0 Å². The van der Waals surface area contributed by atoms with Gasteiger partial charge in [-0.25, -0.2) is 4.98 Å². The van der Waals surface area contributed by atoms with Crippen LogP contribution < -0.4 is 5.32 Å². The van der Waals surface area contributed by atoms with Gasteiger partial charge in [-0.3, -0.25) is 0 Å². The molecule has 1 aromatic heterocycles. The molecule has 2 aromatic rings. The van der Waals surface area contributed by atoms with Crippen molar-refractivity contribution in [2.75, 3.05) is 6.54 Å². The molecule has 0 amide bonds. The molecule has 0 saturated carbocycles. The van der Waals surface area contributed by atoms with Gasteiger partial charge in [0.2, 0.25) is 0 Å². The lowest BCUT2D eigenvalue weighted by atomic mass is 10.1. The Balaban J connectivity index is 1.88. The van der Waals surface area contributed by atoms with Crippen LogP contribution in [0.3, 0.4) is 0 Å². The summed E-state index contributed by atoms with van der Waals surface area (Å²) in [6, 6.07) is 10.6. The smallest absolute Gasteiger partial charge is 0.122 e. The number of rotatable bonds is 2. The standard InChI is InChI=1S/C13H15N3/c1-2-4-11(5-3-1)8-12-9-15-13-10-14-6-7-16(12)13/h1-5,9,14H,6-8,10H2. The minimum absolute atomic E-state index is 0.898. The molecule has 0 atom stereocenters. The molecule has 3 rings (SSSR count). The van der Waals surface area contributed by atoms with Gasteiger partial charge in [0, 0.05) is 31.4 Å². The van der Waals surface area contributed by atoms with E-state index in [0.29, 0.717) is 0 Å². The van der Waals surface area contributed by atoms with Crippen LogP contribution in [-0.2, 0) is 19.5 Å². The van der Waals surface area contributed by atoms with Gasteiger partial charge in [-0.05, 0) is 5.56 Å². The fraction of sp³-hybridized carbons (Fsp3) is 0.308. The second kappa shape index (κ2) is 4.10. The van der Waals surface area contributed by atoms with Crippen molar-refractivity contribution in [1.82, 2.24) is 14.9 Å². The van der Waals surface area contributed by atoms with Crippen molar-refractivity contribution in [2.24, 2.45) is 0 Å². The first-order valence-corrected chi connectivity index (χ1v) is 5.71. The van der Waals surface area contributed by atoms with E-state index in [2.05, 4.69) is 45.2 Å². The number of hydrogen-bond donors (Lipinski definition) is 1. The van der Waals surface area contributed by atoms with Crippen molar-refractivity contribution in [1.29, 1.82) is 0 Å². The molecule has 0 fully saturated rings. The summed E-state index contributed by atoms with van der Waals surface area (Å²) in [7, 11) is 0. The number of hydrogen-bond acceptors (Lipinski definition) is 2. The Labute approximate surface area is 95.1 Å². The van der Waals surface area contributed by atoms with E-state index >= 15 is 0 Å². The second-order valence-electron chi connectivity index (χ2n) is 4.16. The van der Waals surface area contributed by atoms with Gasteiger partial charge in [0.25, 0.3) is 0 Å². The predicted molar refractivity (Wildman–Crippen MR) is 63.2 cm³/mol. The highest BCUT2D eigenvalue weighted by atomic mass is 15.2. The SMILES string of the molecule is c1ccc(Cc2cnc3n2CCNC3)cc1. The van der Waals surface area contributed by atoms with Gasteiger partial charge in [-0.2, -0.15) is 0 Å². The Bertz CT molecular complexity index is 473. The zero-order valence-electron chi connectivity index (χ0n) is 9.19. The third-order valence-electron chi connectivity index (χ3n) is 3.04. The van der Waals surface area contributed by atoms with E-state index in [9.17, 15) is 0 Å². The minimum Gasteiger partial charge on any atom is -0.329 e. The molecule has 3 nitrogen and oxygen atoms in total. The van der Waals surface area contributed by atoms with Crippen LogP contribution in [0.2, 0.25) is 0 Å². The van der Waals surface area contributed by atoms with E-state index in [1.165, 1.54) is 11.3 Å². The second-order valence-corrected chi connectivity index (χ2v) is 4.16. The van der Waals surface area contributed by atoms with Gasteiger partial charge in [0.15, 0.2) is 0 Å². The van der Waals surface area contributed by atoms with Crippen LogP contribution in [0.15, 0.2) is 36.5 Å². The first-order chi connectivity index (χ1) is 7.93. The monoisotopic (exact) mass is 213 g/mol. The lowest BCUT2D eigenvalue weighted by molar-refractivity contribution is 0.496. The summed E-state index contributed by atoms with van der Waals surface area (Å²) in [5, 5.41) is 3.33. The third-order valence-corrected chi connectivity index (χ3v) is 3.04. The fourth-order valence-electron chi connectivity index (χ4n) is 2.21. The molecule has 1 aliphatic heterocycles. The maximum absolute atomic E-state index is 4.45. The van der Waals surface area contributed by atoms with Crippen molar-refractivity contribution >= 4 is 0 Å². The Hall–Kier alpha value is -1.61. The van der Waals surface area contributed by atoms with Gasteiger partial charge in [0.05, 0.1) is 6.54 Å². The van der Waals surface area contributed by atoms with Crippen molar-refractivity contribution in [2.45, 2.75) is 19.5 Å². The zero-order valence-corrected chi connectivity index (χ0v) is 9.19. The Kier molecular flexibility index (Phi) is 2.46. The molecule has 82 valence electrons. The van der Waals surface area contributed by atoms with E-state index in [-0.39, 0.29) is 0 Å². The fourth-order valence-corrected chi connectivity index (χ4v) is 2.21. The highest BCUT2D eigenvalue weighted by Gasteiger charge is 2.13. The van der Waals surface area contributed by atoms with Crippen molar-refractivity contribution < 1.29 is 0 Å². The topological polar surface area (TPSA) is 29.9 Å². The summed E-state index contributed by atoms with van der Waals surface area (Å²) in [5.41, 5.74) is 2.67. The molecule has 0 unspecified atom stereocenters. The molecule has 1 aromatic carbocycles. The first kappa shape index (κ1) is 9.60. The molecule has 16 heavy (non-hydrogen) atoms. The predicted octanol–water partition coefficient (Wildman–Crippen LogP) is 1.58. The molecular weight excluding hydrogens is 198 g/mol. The number of benzene rings is 1. The van der Waals surface area contributed by atoms with Crippen LogP contribution in [0.4, 0.5) is 0 Å². The highest BCUT2D eigenvalue weighted by Crippen LogP contribution is 2.13. The summed E-state index contributed by atoms with van der Waals surface area (Å²) in [6.45, 7) is 2.98. The lowest BCUT2D eigenvalue weighted by Gasteiger charge is -2.17. The van der Waals surface area contributed by atoms with Gasteiger partial charge >= 0.3 is 0 Å². The van der Waals surface area contributed by atoms with Gasteiger partial charge in [0.1, 0.15) is 5.82 Å². The summed E-state index contributed by atoms with van der Waals surface area (Å²) >= 11 is 0. The Morgan fingerprint density at radius 2 is 2.12 bits per heavy atom. The molecule has 0 saturated heterocycles. The minimum atomic E-state index is 0.898. The van der Waals surface area contributed by atoms with E-state index in [1.807, 2.05) is 6.20 Å². The van der Waals surface area contributed by atoms with Crippen LogP contribution in [0.1, 0.15) is 17.1 Å². The van der Waals surface area contributed by atoms with E-state index < -0.39 is 0 Å². The molecule has 0 spiro atoms. The number of aromatic nitrogens is 2. The zero-order chi connectivity index (χ0) is 10.8. The summed E-state index contributed by atoms with van der Waals surface area (Å²) in [6.07, 6.45) is 2.99. The van der Waals surface area contributed by atoms with Crippen molar-refractivity contribution in [3.8, 4) is 0 Å². The van der Waals surface area contributed by atoms with E-state index in [0.717, 1.165) is 31.9 Å². The van der Waals surface area contributed by atoms with Crippen molar-refractivity contribution in [3.05, 3.63) is 53.6 Å². The molecule has 0 aliphatic carbocycles. The van der Waals surface area contributed by atoms with Crippen LogP contribution in [0.25, 0.3) is 0 Å². The number of nitrogens with one attached hydrogen (secondary N) is 1. The quantitative estimate of drug-likeness (QED) is 0.820. The normalized spacial score (nSPS) is 14.8. The molecule has 3 heteroatoms. The summed E-state index contributed by atoms with van der Waals surface area (Å²) in [4.78, 5) is 4.45. The largest absolute Gasteiger partial charge is 0.329 e. The molecule has 0 radical (unpaired) electrons. The lowest BCUT2D eigenvalue weighted by Crippen LogP contribution is -2.29. The Morgan fingerprint density at radius 3 is 3.00 bits per heavy atom. The molecule has 0 bridgehead atoms. The van der Waals surface area contributed by atoms with E-state index in [4.69, 9.17) is 0 Å². The van der Waals surface area contributed by atoms with Gasteiger partial charge in [-0.1, -0.05) is 30.3 Å². The number of imidazole rings is 1. The summed E-state index contributed by atoms with van der Waals surface area (Å²) < 4.78 is 2.34. The Morgan fingerprint density at radius 1 is 1.25 bits per heavy atom. The molecular formula is C13H15N3. The molecule has 2 heterocycles. The molecule has 1 N–H and O–H groups in total. The van der Waals surface area contributed by atoms with E-state index in [1.54, 1.807) is 0 Å². The third kappa shape index (κ3) is 1.74. The summed E-state index contributed by atoms with van der Waals surface area (Å²) in [5.74, 6) is 1.16. The average Bonchev–Trinajstić information content (AvgIpc) is 2.74. The number of fused-ring (bicyclic) bond motifs is 1. The van der Waals surface area contributed by atoms with Crippen LogP contribution in [0, 0.1) is 0 Å². The maximum atomic E-state index is 4.45. The van der Waals surface area contributed by atoms with Crippen LogP contribution in [-0.4, -0.2) is 16.1 Å². The van der Waals surface area contributed by atoms with Crippen molar-refractivity contribution in [3.63, 3.8) is 0 Å². The van der Waals surface area contributed by atoms with Crippen LogP contribution in [0.5, 0.6) is 0 Å². The van der Waals surface area contributed by atoms with Gasteiger partial charge < -0.3 is 9.88 Å². The molecule has 1 aliphatic rings. The average molecular weight is 213 g/mol. The van der Waals surface area contributed by atoms with Gasteiger partial charge in [-0.15, -0.1) is 0 Å².